The first-order valence-corrected chi connectivity index (χ1v) is 3.67. The zero-order chi connectivity index (χ0) is 8.48. The molecule has 0 bridgehead atoms. The molecular formula is C8H14N2O. The minimum absolute atomic E-state index is 0.636. The fourth-order valence-electron chi connectivity index (χ4n) is 1.06. The van der Waals surface area contributed by atoms with E-state index in [-0.39, 0.29) is 0 Å². The van der Waals surface area contributed by atoms with Crippen molar-refractivity contribution in [2.45, 2.75) is 25.9 Å². The largest absolute Gasteiger partial charge is 0.390 e. The van der Waals surface area contributed by atoms with E-state index >= 15 is 0 Å². The molecule has 1 N–H and O–H groups in total. The van der Waals surface area contributed by atoms with Gasteiger partial charge in [0.1, 0.15) is 0 Å². The smallest absolute Gasteiger partial charge is 0.0633 e. The van der Waals surface area contributed by atoms with Crippen LogP contribution in [0.15, 0.2) is 12.4 Å². The van der Waals surface area contributed by atoms with Crippen LogP contribution in [0.4, 0.5) is 0 Å². The van der Waals surface area contributed by atoms with E-state index in [1.54, 1.807) is 24.7 Å². The van der Waals surface area contributed by atoms with Crippen LogP contribution in [0.3, 0.4) is 0 Å². The molecule has 0 atom stereocenters. The van der Waals surface area contributed by atoms with Crippen molar-refractivity contribution in [1.29, 1.82) is 0 Å². The molecule has 0 aromatic carbocycles. The van der Waals surface area contributed by atoms with Gasteiger partial charge >= 0.3 is 0 Å². The molecule has 0 fully saturated rings. The van der Waals surface area contributed by atoms with Crippen molar-refractivity contribution in [3.8, 4) is 0 Å². The maximum atomic E-state index is 9.44. The topological polar surface area (TPSA) is 38.0 Å². The summed E-state index contributed by atoms with van der Waals surface area (Å²) in [4.78, 5) is 0. The lowest BCUT2D eigenvalue weighted by molar-refractivity contribution is 0.0810. The number of aliphatic hydroxyl groups is 1. The quantitative estimate of drug-likeness (QED) is 0.682. The molecule has 1 aromatic rings. The predicted octanol–water partition coefficient (Wildman–Crippen LogP) is 0.733. The van der Waals surface area contributed by atoms with Gasteiger partial charge in [0.15, 0.2) is 0 Å². The van der Waals surface area contributed by atoms with Crippen molar-refractivity contribution in [2.75, 3.05) is 0 Å². The maximum Gasteiger partial charge on any atom is 0.0633 e. The normalized spacial score (nSPS) is 12.0. The second-order valence-electron chi connectivity index (χ2n) is 3.51. The highest BCUT2D eigenvalue weighted by Crippen LogP contribution is 2.10. The average Bonchev–Trinajstić information content (AvgIpc) is 2.10. The highest BCUT2D eigenvalue weighted by Gasteiger charge is 2.13. The average molecular weight is 154 g/mol. The Hall–Kier alpha value is -0.830. The van der Waals surface area contributed by atoms with Crippen LogP contribution in [0.25, 0.3) is 0 Å². The van der Waals surface area contributed by atoms with Gasteiger partial charge in [-0.2, -0.15) is 5.10 Å². The maximum absolute atomic E-state index is 9.44. The minimum Gasteiger partial charge on any atom is -0.390 e. The summed E-state index contributed by atoms with van der Waals surface area (Å²) in [6, 6.07) is 0. The summed E-state index contributed by atoms with van der Waals surface area (Å²) in [5, 5.41) is 13.4. The number of aryl methyl sites for hydroxylation is 1. The van der Waals surface area contributed by atoms with Gasteiger partial charge in [0.05, 0.1) is 11.8 Å². The van der Waals surface area contributed by atoms with Gasteiger partial charge in [-0.3, -0.25) is 4.68 Å². The van der Waals surface area contributed by atoms with E-state index in [4.69, 9.17) is 0 Å². The monoisotopic (exact) mass is 154 g/mol. The molecule has 11 heavy (non-hydrogen) atoms. The Balaban J connectivity index is 2.65. The van der Waals surface area contributed by atoms with Gasteiger partial charge in [0.25, 0.3) is 0 Å². The van der Waals surface area contributed by atoms with Crippen LogP contribution >= 0.6 is 0 Å². The van der Waals surface area contributed by atoms with Gasteiger partial charge in [-0.15, -0.1) is 0 Å². The molecule has 0 unspecified atom stereocenters. The second-order valence-corrected chi connectivity index (χ2v) is 3.51. The van der Waals surface area contributed by atoms with Gasteiger partial charge < -0.3 is 5.11 Å². The predicted molar refractivity (Wildman–Crippen MR) is 43.2 cm³/mol. The molecule has 1 aromatic heterocycles. The third-order valence-electron chi connectivity index (χ3n) is 1.40. The molecule has 1 rings (SSSR count). The van der Waals surface area contributed by atoms with E-state index < -0.39 is 5.60 Å². The number of hydrogen-bond donors (Lipinski definition) is 1. The Morgan fingerprint density at radius 3 is 2.64 bits per heavy atom. The van der Waals surface area contributed by atoms with Gasteiger partial charge in [0, 0.05) is 19.7 Å². The van der Waals surface area contributed by atoms with Crippen molar-refractivity contribution < 1.29 is 5.11 Å². The molecule has 3 nitrogen and oxygen atoms in total. The number of hydrogen-bond acceptors (Lipinski definition) is 2. The number of aromatic nitrogens is 2. The SMILES string of the molecule is Cn1cc(CC(C)(C)O)cn1. The summed E-state index contributed by atoms with van der Waals surface area (Å²) in [6.45, 7) is 3.58. The summed E-state index contributed by atoms with van der Waals surface area (Å²) >= 11 is 0. The molecule has 0 amide bonds. The van der Waals surface area contributed by atoms with E-state index in [1.807, 2.05) is 13.2 Å². The lowest BCUT2D eigenvalue weighted by Gasteiger charge is -2.14. The Kier molecular flexibility index (Phi) is 2.00. The zero-order valence-electron chi connectivity index (χ0n) is 7.20. The van der Waals surface area contributed by atoms with E-state index in [1.165, 1.54) is 0 Å². The fraction of sp³-hybridized carbons (Fsp3) is 0.625. The molecule has 3 heteroatoms. The third kappa shape index (κ3) is 2.72. The molecular weight excluding hydrogens is 140 g/mol. The first-order chi connectivity index (χ1) is 4.97. The summed E-state index contributed by atoms with van der Waals surface area (Å²) in [5.41, 5.74) is 0.434. The number of nitrogens with zero attached hydrogens (tertiary/aromatic N) is 2. The third-order valence-corrected chi connectivity index (χ3v) is 1.40. The Morgan fingerprint density at radius 1 is 1.64 bits per heavy atom. The molecule has 0 aliphatic rings. The highest BCUT2D eigenvalue weighted by molar-refractivity contribution is 5.06. The molecule has 0 aliphatic heterocycles. The van der Waals surface area contributed by atoms with Gasteiger partial charge in [0.2, 0.25) is 0 Å². The van der Waals surface area contributed by atoms with Crippen molar-refractivity contribution in [2.24, 2.45) is 7.05 Å². The van der Waals surface area contributed by atoms with Crippen LogP contribution in [0.1, 0.15) is 19.4 Å². The van der Waals surface area contributed by atoms with E-state index in [0.717, 1.165) is 5.56 Å². The Bertz CT molecular complexity index is 234. The summed E-state index contributed by atoms with van der Waals surface area (Å²) in [5.74, 6) is 0. The van der Waals surface area contributed by atoms with Gasteiger partial charge in [-0.05, 0) is 19.4 Å². The molecule has 1 heterocycles. The molecule has 62 valence electrons. The molecule has 0 aliphatic carbocycles. The van der Waals surface area contributed by atoms with Gasteiger partial charge in [-0.1, -0.05) is 0 Å². The van der Waals surface area contributed by atoms with Crippen LogP contribution in [0.5, 0.6) is 0 Å². The van der Waals surface area contributed by atoms with E-state index in [0.29, 0.717) is 6.42 Å². The molecule has 0 saturated heterocycles. The van der Waals surface area contributed by atoms with E-state index in [9.17, 15) is 5.11 Å². The van der Waals surface area contributed by atoms with Crippen LogP contribution in [0, 0.1) is 0 Å². The first-order valence-electron chi connectivity index (χ1n) is 3.67. The van der Waals surface area contributed by atoms with Crippen molar-refractivity contribution in [1.82, 2.24) is 9.78 Å². The van der Waals surface area contributed by atoms with Crippen LogP contribution in [-0.2, 0) is 13.5 Å². The summed E-state index contributed by atoms with van der Waals surface area (Å²) in [6.07, 6.45) is 4.34. The van der Waals surface area contributed by atoms with Crippen molar-refractivity contribution >= 4 is 0 Å². The van der Waals surface area contributed by atoms with Crippen molar-refractivity contribution in [3.63, 3.8) is 0 Å². The Morgan fingerprint density at radius 2 is 2.27 bits per heavy atom. The van der Waals surface area contributed by atoms with Crippen LogP contribution in [-0.4, -0.2) is 20.5 Å². The molecule has 0 spiro atoms. The van der Waals surface area contributed by atoms with E-state index in [2.05, 4.69) is 5.10 Å². The summed E-state index contributed by atoms with van der Waals surface area (Å²) in [7, 11) is 1.87. The van der Waals surface area contributed by atoms with Crippen LogP contribution in [0.2, 0.25) is 0 Å². The molecule has 0 radical (unpaired) electrons. The van der Waals surface area contributed by atoms with Crippen LogP contribution < -0.4 is 0 Å². The lowest BCUT2D eigenvalue weighted by atomic mass is 10.0. The Labute approximate surface area is 66.7 Å². The first kappa shape index (κ1) is 8.27. The van der Waals surface area contributed by atoms with Crippen molar-refractivity contribution in [3.05, 3.63) is 18.0 Å². The minimum atomic E-state index is -0.636. The lowest BCUT2D eigenvalue weighted by Crippen LogP contribution is -2.21. The second kappa shape index (κ2) is 2.66. The highest BCUT2D eigenvalue weighted by atomic mass is 16.3. The summed E-state index contributed by atoms with van der Waals surface area (Å²) < 4.78 is 1.74. The fourth-order valence-corrected chi connectivity index (χ4v) is 1.06. The van der Waals surface area contributed by atoms with Gasteiger partial charge in [-0.25, -0.2) is 0 Å². The standard InChI is InChI=1S/C8H14N2O/c1-8(2,11)4-7-5-9-10(3)6-7/h5-6,11H,4H2,1-3H3. The number of rotatable bonds is 2. The molecule has 0 saturated carbocycles. The zero-order valence-corrected chi connectivity index (χ0v) is 7.20.